The Bertz CT molecular complexity index is 305. The second-order valence-corrected chi connectivity index (χ2v) is 4.03. The number of esters is 2. The van der Waals surface area contributed by atoms with Gasteiger partial charge in [0.2, 0.25) is 5.91 Å². The lowest BCUT2D eigenvalue weighted by atomic mass is 10.1. The molecular weight excluding hydrogens is 286 g/mol. The maximum absolute atomic E-state index is 11.3. The molecule has 0 aliphatic carbocycles. The van der Waals surface area contributed by atoms with Crippen LogP contribution < -0.4 is 5.32 Å². The molecule has 0 saturated heterocycles. The maximum Gasteiger partial charge on any atom is 0.315 e. The van der Waals surface area contributed by atoms with E-state index in [4.69, 9.17) is 9.47 Å². The summed E-state index contributed by atoms with van der Waals surface area (Å²) >= 11 is 0. The number of hydrogen-bond acceptors (Lipinski definition) is 5. The number of amides is 1. The first-order valence-corrected chi connectivity index (χ1v) is 5.96. The molecule has 0 aliphatic heterocycles. The molecule has 0 aromatic carbocycles. The van der Waals surface area contributed by atoms with Crippen molar-refractivity contribution in [3.63, 3.8) is 0 Å². The SMILES string of the molecule is C.C.C.C.CCC(CC(C)OC(=O)CC(=O)NC)OC(C)=O. The molecule has 0 heterocycles. The molecule has 1 N–H and O–H groups in total. The zero-order chi connectivity index (χ0) is 14.1. The van der Waals surface area contributed by atoms with Crippen molar-refractivity contribution in [2.24, 2.45) is 0 Å². The molecule has 0 aromatic rings. The molecule has 6 nitrogen and oxygen atoms in total. The Hall–Kier alpha value is -1.59. The molecule has 136 valence electrons. The molecule has 0 fully saturated rings. The third kappa shape index (κ3) is 16.5. The standard InChI is InChI=1S/C12H21NO5.4CH4/c1-5-10(18-9(3)14)6-8(2)17-12(16)7-11(15)13-4;;;;/h8,10H,5-7H2,1-4H3,(H,13,15);4*1H4. The number of rotatable bonds is 7. The van der Waals surface area contributed by atoms with Crippen molar-refractivity contribution in [3.05, 3.63) is 0 Å². The van der Waals surface area contributed by atoms with Crippen LogP contribution in [-0.2, 0) is 23.9 Å². The van der Waals surface area contributed by atoms with E-state index in [1.54, 1.807) is 6.92 Å². The molecule has 0 aromatic heterocycles. The lowest BCUT2D eigenvalue weighted by Crippen LogP contribution is -2.27. The Kier molecular flexibility index (Phi) is 25.7. The molecular formula is C16H37NO5. The van der Waals surface area contributed by atoms with E-state index in [-0.39, 0.29) is 54.1 Å². The Labute approximate surface area is 136 Å². The molecule has 2 unspecified atom stereocenters. The van der Waals surface area contributed by atoms with Crippen LogP contribution in [0.1, 0.15) is 69.7 Å². The summed E-state index contributed by atoms with van der Waals surface area (Å²) in [5.41, 5.74) is 0. The Morgan fingerprint density at radius 2 is 1.55 bits per heavy atom. The first-order valence-electron chi connectivity index (χ1n) is 5.96. The number of nitrogens with one attached hydrogen (secondary N) is 1. The van der Waals surface area contributed by atoms with Gasteiger partial charge in [-0.25, -0.2) is 0 Å². The molecule has 0 radical (unpaired) electrons. The van der Waals surface area contributed by atoms with E-state index in [0.29, 0.717) is 12.8 Å². The molecule has 0 bridgehead atoms. The van der Waals surface area contributed by atoms with Crippen molar-refractivity contribution in [3.8, 4) is 0 Å². The fourth-order valence-electron chi connectivity index (χ4n) is 1.44. The summed E-state index contributed by atoms with van der Waals surface area (Å²) in [6, 6.07) is 0. The summed E-state index contributed by atoms with van der Waals surface area (Å²) in [6.45, 7) is 4.92. The average Bonchev–Trinajstić information content (AvgIpc) is 2.26. The summed E-state index contributed by atoms with van der Waals surface area (Å²) in [6.07, 6.45) is 0.106. The third-order valence-electron chi connectivity index (χ3n) is 2.30. The van der Waals surface area contributed by atoms with Gasteiger partial charge in [-0.3, -0.25) is 14.4 Å². The predicted molar refractivity (Wildman–Crippen MR) is 91.6 cm³/mol. The van der Waals surface area contributed by atoms with E-state index in [9.17, 15) is 14.4 Å². The Morgan fingerprint density at radius 3 is 1.91 bits per heavy atom. The van der Waals surface area contributed by atoms with Gasteiger partial charge < -0.3 is 14.8 Å². The average molecular weight is 323 g/mol. The molecule has 22 heavy (non-hydrogen) atoms. The second kappa shape index (κ2) is 17.5. The van der Waals surface area contributed by atoms with Gasteiger partial charge in [0.15, 0.2) is 0 Å². The second-order valence-electron chi connectivity index (χ2n) is 4.03. The number of carbonyl (C=O) groups excluding carboxylic acids is 3. The Balaban J connectivity index is -0.000000241. The minimum Gasteiger partial charge on any atom is -0.462 e. The minimum absolute atomic E-state index is 0. The van der Waals surface area contributed by atoms with Gasteiger partial charge in [-0.2, -0.15) is 0 Å². The zero-order valence-corrected chi connectivity index (χ0v) is 11.3. The maximum atomic E-state index is 11.3. The molecule has 1 amide bonds. The fraction of sp³-hybridized carbons (Fsp3) is 0.812. The van der Waals surface area contributed by atoms with Crippen LogP contribution in [0.25, 0.3) is 0 Å². The van der Waals surface area contributed by atoms with Gasteiger partial charge >= 0.3 is 11.9 Å². The van der Waals surface area contributed by atoms with E-state index >= 15 is 0 Å². The van der Waals surface area contributed by atoms with Gasteiger partial charge in [0, 0.05) is 20.4 Å². The van der Waals surface area contributed by atoms with Crippen LogP contribution >= 0.6 is 0 Å². The normalized spacial score (nSPS) is 10.9. The van der Waals surface area contributed by atoms with Gasteiger partial charge in [0.05, 0.1) is 0 Å². The van der Waals surface area contributed by atoms with Crippen LogP contribution in [0.4, 0.5) is 0 Å². The van der Waals surface area contributed by atoms with Gasteiger partial charge in [0.1, 0.15) is 18.6 Å². The van der Waals surface area contributed by atoms with Crippen LogP contribution in [0.5, 0.6) is 0 Å². The van der Waals surface area contributed by atoms with Crippen LogP contribution in [-0.4, -0.2) is 37.1 Å². The van der Waals surface area contributed by atoms with Gasteiger partial charge in [-0.1, -0.05) is 36.6 Å². The van der Waals surface area contributed by atoms with Crippen molar-refractivity contribution < 1.29 is 23.9 Å². The smallest absolute Gasteiger partial charge is 0.315 e. The van der Waals surface area contributed by atoms with Crippen LogP contribution in [0.2, 0.25) is 0 Å². The van der Waals surface area contributed by atoms with Crippen molar-refractivity contribution in [1.82, 2.24) is 5.32 Å². The summed E-state index contributed by atoms with van der Waals surface area (Å²) in [5, 5.41) is 2.34. The van der Waals surface area contributed by atoms with E-state index < -0.39 is 12.1 Å². The van der Waals surface area contributed by atoms with E-state index in [1.165, 1.54) is 14.0 Å². The number of ether oxygens (including phenoxy) is 2. The fourth-order valence-corrected chi connectivity index (χ4v) is 1.44. The lowest BCUT2D eigenvalue weighted by Gasteiger charge is -2.19. The van der Waals surface area contributed by atoms with Crippen LogP contribution in [0.15, 0.2) is 0 Å². The van der Waals surface area contributed by atoms with Gasteiger partial charge in [-0.15, -0.1) is 0 Å². The largest absolute Gasteiger partial charge is 0.462 e. The molecule has 2 atom stereocenters. The highest BCUT2D eigenvalue weighted by molar-refractivity contribution is 5.94. The number of carbonyl (C=O) groups is 3. The highest BCUT2D eigenvalue weighted by Gasteiger charge is 2.18. The van der Waals surface area contributed by atoms with Crippen LogP contribution in [0, 0.1) is 0 Å². The quantitative estimate of drug-likeness (QED) is 0.574. The van der Waals surface area contributed by atoms with Crippen molar-refractivity contribution in [2.45, 2.75) is 81.9 Å². The van der Waals surface area contributed by atoms with E-state index in [0.717, 1.165) is 0 Å². The molecule has 0 spiro atoms. The monoisotopic (exact) mass is 323 g/mol. The van der Waals surface area contributed by atoms with Crippen LogP contribution in [0.3, 0.4) is 0 Å². The summed E-state index contributed by atoms with van der Waals surface area (Å²) < 4.78 is 10.1. The molecule has 6 heteroatoms. The number of hydrogen-bond donors (Lipinski definition) is 1. The van der Waals surface area contributed by atoms with Gasteiger partial charge in [0.25, 0.3) is 0 Å². The highest BCUT2D eigenvalue weighted by atomic mass is 16.6. The topological polar surface area (TPSA) is 81.7 Å². The first kappa shape index (κ1) is 32.4. The molecule has 0 saturated carbocycles. The highest BCUT2D eigenvalue weighted by Crippen LogP contribution is 2.10. The van der Waals surface area contributed by atoms with E-state index in [2.05, 4.69) is 5.32 Å². The minimum atomic E-state index is -0.584. The zero-order valence-electron chi connectivity index (χ0n) is 11.3. The summed E-state index contributed by atoms with van der Waals surface area (Å²) in [7, 11) is 1.45. The van der Waals surface area contributed by atoms with Crippen molar-refractivity contribution in [2.75, 3.05) is 7.05 Å². The molecule has 0 rings (SSSR count). The van der Waals surface area contributed by atoms with Gasteiger partial charge in [-0.05, 0) is 13.3 Å². The predicted octanol–water partition coefficient (Wildman–Crippen LogP) is 3.33. The summed E-state index contributed by atoms with van der Waals surface area (Å²) in [5.74, 6) is -1.33. The Morgan fingerprint density at radius 1 is 1.05 bits per heavy atom. The lowest BCUT2D eigenvalue weighted by molar-refractivity contribution is -0.154. The third-order valence-corrected chi connectivity index (χ3v) is 2.30. The molecule has 0 aliphatic rings. The van der Waals surface area contributed by atoms with Crippen molar-refractivity contribution in [1.29, 1.82) is 0 Å². The van der Waals surface area contributed by atoms with Crippen molar-refractivity contribution >= 4 is 17.8 Å². The van der Waals surface area contributed by atoms with E-state index in [1.807, 2.05) is 6.92 Å². The first-order chi connectivity index (χ1) is 8.38. The summed E-state index contributed by atoms with van der Waals surface area (Å²) in [4.78, 5) is 33.1.